The number of halogens is 1. The van der Waals surface area contributed by atoms with E-state index in [0.717, 1.165) is 22.0 Å². The predicted molar refractivity (Wildman–Crippen MR) is 114 cm³/mol. The molecule has 2 heterocycles. The molecule has 0 amide bonds. The third-order valence-corrected chi connectivity index (χ3v) is 6.05. The average Bonchev–Trinajstić information content (AvgIpc) is 3.31. The fourth-order valence-electron chi connectivity index (χ4n) is 2.99. The number of hydrogen-bond donors (Lipinski definition) is 0. The maximum atomic E-state index is 12.5. The van der Waals surface area contributed by atoms with Gasteiger partial charge in [0.2, 0.25) is 5.78 Å². The molecule has 0 bridgehead atoms. The summed E-state index contributed by atoms with van der Waals surface area (Å²) in [6, 6.07) is 13.0. The lowest BCUT2D eigenvalue weighted by molar-refractivity contribution is -0.141. The molecule has 0 fully saturated rings. The van der Waals surface area contributed by atoms with Crippen LogP contribution in [0.15, 0.2) is 58.0 Å². The van der Waals surface area contributed by atoms with Gasteiger partial charge in [-0.25, -0.2) is 0 Å². The zero-order chi connectivity index (χ0) is 20.8. The van der Waals surface area contributed by atoms with Gasteiger partial charge < -0.3 is 13.7 Å². The quantitative estimate of drug-likeness (QED) is 0.261. The van der Waals surface area contributed by atoms with E-state index in [0.29, 0.717) is 22.9 Å². The Hall–Kier alpha value is -2.44. The Labute approximate surface area is 179 Å². The first-order valence-electron chi connectivity index (χ1n) is 9.21. The average molecular weight is 432 g/mol. The van der Waals surface area contributed by atoms with Crippen molar-refractivity contribution < 1.29 is 18.7 Å². The second-order valence-electron chi connectivity index (χ2n) is 6.56. The van der Waals surface area contributed by atoms with Crippen molar-refractivity contribution in [3.63, 3.8) is 0 Å². The number of nitrogens with zero attached hydrogens (tertiary/aromatic N) is 1. The molecule has 0 spiro atoms. The largest absolute Gasteiger partial charge is 0.467 e. The lowest BCUT2D eigenvalue weighted by Gasteiger charge is -2.08. The van der Waals surface area contributed by atoms with Gasteiger partial charge in [0, 0.05) is 27.6 Å². The summed E-state index contributed by atoms with van der Waals surface area (Å²) in [7, 11) is 0. The number of thioether (sulfide) groups is 1. The van der Waals surface area contributed by atoms with Gasteiger partial charge in [-0.1, -0.05) is 23.7 Å². The molecule has 0 aliphatic carbocycles. The number of benzene rings is 1. The van der Waals surface area contributed by atoms with Crippen molar-refractivity contribution in [3.8, 4) is 0 Å². The minimum Gasteiger partial charge on any atom is -0.467 e. The van der Waals surface area contributed by atoms with Crippen LogP contribution in [0.5, 0.6) is 0 Å². The number of hydrogen-bond acceptors (Lipinski definition) is 5. The van der Waals surface area contributed by atoms with Crippen LogP contribution in [0.25, 0.3) is 0 Å². The maximum Gasteiger partial charge on any atom is 0.307 e. The number of esters is 1. The molecule has 0 aliphatic heterocycles. The summed E-state index contributed by atoms with van der Waals surface area (Å²) in [6.45, 7) is 4.10. The Kier molecular flexibility index (Phi) is 7.23. The van der Waals surface area contributed by atoms with Crippen LogP contribution >= 0.6 is 23.4 Å². The lowest BCUT2D eigenvalue weighted by atomic mass is 10.1. The van der Waals surface area contributed by atoms with Gasteiger partial charge >= 0.3 is 5.97 Å². The van der Waals surface area contributed by atoms with Crippen LogP contribution in [0.4, 0.5) is 0 Å². The molecule has 7 heteroatoms. The maximum absolute atomic E-state index is 12.5. The summed E-state index contributed by atoms with van der Waals surface area (Å²) in [6.07, 6.45) is 1.83. The zero-order valence-corrected chi connectivity index (χ0v) is 17.9. The fraction of sp³-hybridized carbons (Fsp3) is 0.273. The van der Waals surface area contributed by atoms with Crippen molar-refractivity contribution in [3.05, 3.63) is 76.5 Å². The van der Waals surface area contributed by atoms with Gasteiger partial charge in [0.05, 0.1) is 24.3 Å². The molecule has 0 radical (unpaired) electrons. The first kappa shape index (κ1) is 21.3. The molecule has 0 aliphatic rings. The molecule has 3 aromatic rings. The number of carbonyl (C=O) groups excluding carboxylic acids is 2. The van der Waals surface area contributed by atoms with Crippen LogP contribution in [-0.2, 0) is 16.1 Å². The first-order valence-corrected chi connectivity index (χ1v) is 10.6. The molecule has 29 heavy (non-hydrogen) atoms. The van der Waals surface area contributed by atoms with E-state index in [-0.39, 0.29) is 18.8 Å². The van der Waals surface area contributed by atoms with Crippen molar-refractivity contribution in [2.75, 3.05) is 12.4 Å². The SMILES string of the molecule is Cc1cc(C(=O)COC(=O)CCSc2ccccc2Cl)c(C)n1Cc1ccco1. The molecular formula is C22H22ClNO4S. The Morgan fingerprint density at radius 2 is 1.97 bits per heavy atom. The minimum atomic E-state index is -0.401. The van der Waals surface area contributed by atoms with E-state index in [1.807, 2.05) is 60.9 Å². The Morgan fingerprint density at radius 1 is 1.17 bits per heavy atom. The molecule has 0 N–H and O–H groups in total. The van der Waals surface area contributed by atoms with Gasteiger partial charge in [0.1, 0.15) is 5.76 Å². The number of Topliss-reactive ketones (excluding diaryl/α,β-unsaturated/α-hetero) is 1. The number of furan rings is 1. The Balaban J connectivity index is 1.50. The molecule has 5 nitrogen and oxygen atoms in total. The number of aromatic nitrogens is 1. The topological polar surface area (TPSA) is 61.4 Å². The van der Waals surface area contributed by atoms with Crippen molar-refractivity contribution in [1.82, 2.24) is 4.57 Å². The highest BCUT2D eigenvalue weighted by Gasteiger charge is 2.18. The molecule has 2 aromatic heterocycles. The van der Waals surface area contributed by atoms with Crippen LogP contribution in [0.3, 0.4) is 0 Å². The second-order valence-corrected chi connectivity index (χ2v) is 8.11. The third-order valence-electron chi connectivity index (χ3n) is 4.53. The summed E-state index contributed by atoms with van der Waals surface area (Å²) in [5.41, 5.74) is 2.34. The lowest BCUT2D eigenvalue weighted by Crippen LogP contribution is -2.15. The molecule has 0 saturated carbocycles. The number of ketones is 1. The van der Waals surface area contributed by atoms with Crippen LogP contribution in [0.2, 0.25) is 5.02 Å². The van der Waals surface area contributed by atoms with Crippen molar-refractivity contribution >= 4 is 35.1 Å². The van der Waals surface area contributed by atoms with Crippen molar-refractivity contribution in [2.45, 2.75) is 31.7 Å². The summed E-state index contributed by atoms with van der Waals surface area (Å²) in [5.74, 6) is 0.737. The molecular weight excluding hydrogens is 410 g/mol. The van der Waals surface area contributed by atoms with Gasteiger partial charge in [-0.15, -0.1) is 11.8 Å². The second kappa shape index (κ2) is 9.85. The Morgan fingerprint density at radius 3 is 2.69 bits per heavy atom. The minimum absolute atomic E-state index is 0.209. The van der Waals surface area contributed by atoms with Crippen LogP contribution in [-0.4, -0.2) is 28.7 Å². The molecule has 1 aromatic carbocycles. The van der Waals surface area contributed by atoms with Gasteiger partial charge in [0.15, 0.2) is 6.61 Å². The van der Waals surface area contributed by atoms with Gasteiger partial charge in [-0.2, -0.15) is 0 Å². The van der Waals surface area contributed by atoms with E-state index in [1.165, 1.54) is 11.8 Å². The van der Waals surface area contributed by atoms with Crippen LogP contribution < -0.4 is 0 Å². The van der Waals surface area contributed by atoms with E-state index < -0.39 is 5.97 Å². The molecule has 152 valence electrons. The van der Waals surface area contributed by atoms with Gasteiger partial charge in [0.25, 0.3) is 0 Å². The highest BCUT2D eigenvalue weighted by molar-refractivity contribution is 7.99. The van der Waals surface area contributed by atoms with E-state index in [2.05, 4.69) is 0 Å². The number of carbonyl (C=O) groups is 2. The third kappa shape index (κ3) is 5.55. The predicted octanol–water partition coefficient (Wildman–Crippen LogP) is 5.31. The summed E-state index contributed by atoms with van der Waals surface area (Å²) in [4.78, 5) is 25.4. The van der Waals surface area contributed by atoms with Crippen LogP contribution in [0.1, 0.15) is 33.9 Å². The monoisotopic (exact) mass is 431 g/mol. The smallest absolute Gasteiger partial charge is 0.307 e. The standard InChI is InChI=1S/C22H22ClNO4S/c1-15-12-18(16(2)24(15)13-17-6-5-10-27-17)20(25)14-28-22(26)9-11-29-21-8-4-3-7-19(21)23/h3-8,10,12H,9,11,13-14H2,1-2H3. The molecule has 0 unspecified atom stereocenters. The van der Waals surface area contributed by atoms with E-state index in [4.69, 9.17) is 20.8 Å². The summed E-state index contributed by atoms with van der Waals surface area (Å²) < 4.78 is 12.6. The molecule has 3 rings (SSSR count). The summed E-state index contributed by atoms with van der Waals surface area (Å²) in [5, 5.41) is 0.658. The normalized spacial score (nSPS) is 10.9. The highest BCUT2D eigenvalue weighted by atomic mass is 35.5. The van der Waals surface area contributed by atoms with Gasteiger partial charge in [-0.05, 0) is 44.2 Å². The number of ether oxygens (including phenoxy) is 1. The molecule has 0 atom stereocenters. The zero-order valence-electron chi connectivity index (χ0n) is 16.3. The summed E-state index contributed by atoms with van der Waals surface area (Å²) >= 11 is 7.58. The van der Waals surface area contributed by atoms with E-state index in [9.17, 15) is 9.59 Å². The Bertz CT molecular complexity index is 994. The first-order chi connectivity index (χ1) is 14.0. The number of rotatable bonds is 9. The van der Waals surface area contributed by atoms with E-state index in [1.54, 1.807) is 6.26 Å². The highest BCUT2D eigenvalue weighted by Crippen LogP contribution is 2.27. The van der Waals surface area contributed by atoms with Crippen LogP contribution in [0, 0.1) is 13.8 Å². The number of aryl methyl sites for hydroxylation is 1. The molecule has 0 saturated heterocycles. The fourth-order valence-corrected chi connectivity index (χ4v) is 4.16. The van der Waals surface area contributed by atoms with Gasteiger partial charge in [-0.3, -0.25) is 9.59 Å². The van der Waals surface area contributed by atoms with Crippen molar-refractivity contribution in [2.24, 2.45) is 0 Å². The van der Waals surface area contributed by atoms with E-state index >= 15 is 0 Å². The van der Waals surface area contributed by atoms with Crippen molar-refractivity contribution in [1.29, 1.82) is 0 Å².